The molecule has 0 N–H and O–H groups in total. The summed E-state index contributed by atoms with van der Waals surface area (Å²) in [6.45, 7) is 4.84. The molecule has 10 rings (SSSR count). The minimum absolute atomic E-state index is 0.0425. The Morgan fingerprint density at radius 2 is 1.11 bits per heavy atom. The van der Waals surface area contributed by atoms with Gasteiger partial charge in [0.25, 0.3) is 0 Å². The number of rotatable bonds is 2. The predicted octanol–water partition coefficient (Wildman–Crippen LogP) is 12.0. The first-order valence-electron chi connectivity index (χ1n) is 17.1. The number of para-hydroxylation sites is 2. The lowest BCUT2D eigenvalue weighted by Gasteiger charge is -2.36. The monoisotopic (exact) mass is 591 g/mol. The summed E-state index contributed by atoms with van der Waals surface area (Å²) in [6.07, 6.45) is 6.53. The molecule has 0 amide bonds. The largest absolute Gasteiger partial charge is 0.309 e. The molecule has 3 aliphatic rings. The van der Waals surface area contributed by atoms with Crippen molar-refractivity contribution in [1.29, 1.82) is 0 Å². The molecular weight excluding hydrogens is 555 g/mol. The van der Waals surface area contributed by atoms with E-state index in [9.17, 15) is 0 Å². The number of benzene rings is 6. The molecule has 222 valence electrons. The van der Waals surface area contributed by atoms with E-state index < -0.39 is 0 Å². The van der Waals surface area contributed by atoms with E-state index in [0.717, 1.165) is 0 Å². The van der Waals surface area contributed by atoms with E-state index >= 15 is 0 Å². The number of nitrogens with zero attached hydrogens (tertiary/aromatic N) is 1. The van der Waals surface area contributed by atoms with Crippen LogP contribution >= 0.6 is 0 Å². The molecule has 1 spiro atoms. The molecule has 0 radical (unpaired) electrons. The minimum Gasteiger partial charge on any atom is -0.309 e. The molecule has 1 heterocycles. The summed E-state index contributed by atoms with van der Waals surface area (Å²) in [5, 5.41) is 2.59. The second-order valence-electron chi connectivity index (χ2n) is 14.4. The van der Waals surface area contributed by atoms with Crippen molar-refractivity contribution in [1.82, 2.24) is 4.57 Å². The SMILES string of the molecule is CC1(C)c2ccc(-c3ccc4c5ccccc5n(-c5ccccc5)c4c3)cc2-c2cc3c(cc21)-c1ccccc1C31CCCCC1. The molecule has 46 heavy (non-hydrogen) atoms. The van der Waals surface area contributed by atoms with Crippen molar-refractivity contribution in [3.63, 3.8) is 0 Å². The van der Waals surface area contributed by atoms with Crippen LogP contribution < -0.4 is 0 Å². The van der Waals surface area contributed by atoms with Crippen molar-refractivity contribution in [3.05, 3.63) is 150 Å². The second-order valence-corrected chi connectivity index (χ2v) is 14.4. The van der Waals surface area contributed by atoms with Gasteiger partial charge in [0.05, 0.1) is 11.0 Å². The van der Waals surface area contributed by atoms with Crippen LogP contribution in [0.1, 0.15) is 68.2 Å². The number of hydrogen-bond acceptors (Lipinski definition) is 0. The van der Waals surface area contributed by atoms with E-state index in [1.807, 2.05) is 0 Å². The number of fused-ring (bicyclic) bond motifs is 11. The van der Waals surface area contributed by atoms with Crippen molar-refractivity contribution >= 4 is 21.8 Å². The minimum atomic E-state index is -0.0425. The summed E-state index contributed by atoms with van der Waals surface area (Å²) in [6, 6.07) is 48.4. The topological polar surface area (TPSA) is 4.93 Å². The first kappa shape index (κ1) is 26.3. The van der Waals surface area contributed by atoms with Crippen molar-refractivity contribution in [2.24, 2.45) is 0 Å². The van der Waals surface area contributed by atoms with Gasteiger partial charge in [0.15, 0.2) is 0 Å². The maximum absolute atomic E-state index is 2.63. The van der Waals surface area contributed by atoms with Crippen molar-refractivity contribution in [3.8, 4) is 39.1 Å². The van der Waals surface area contributed by atoms with Crippen LogP contribution in [-0.2, 0) is 10.8 Å². The Balaban J connectivity index is 1.17. The van der Waals surface area contributed by atoms with Gasteiger partial charge in [0, 0.05) is 27.3 Å². The van der Waals surface area contributed by atoms with E-state index in [-0.39, 0.29) is 10.8 Å². The van der Waals surface area contributed by atoms with Crippen LogP contribution in [0.5, 0.6) is 0 Å². The van der Waals surface area contributed by atoms with Gasteiger partial charge in [-0.3, -0.25) is 0 Å². The highest BCUT2D eigenvalue weighted by molar-refractivity contribution is 6.10. The highest BCUT2D eigenvalue weighted by Gasteiger charge is 2.46. The Morgan fingerprint density at radius 3 is 1.98 bits per heavy atom. The molecule has 1 heteroatoms. The summed E-state index contributed by atoms with van der Waals surface area (Å²) in [5.74, 6) is 0. The van der Waals surface area contributed by atoms with Crippen LogP contribution in [0, 0.1) is 0 Å². The molecule has 0 atom stereocenters. The second kappa shape index (κ2) is 9.33. The van der Waals surface area contributed by atoms with Gasteiger partial charge in [-0.2, -0.15) is 0 Å². The molecule has 0 aliphatic heterocycles. The van der Waals surface area contributed by atoms with E-state index in [0.29, 0.717) is 0 Å². The fraction of sp³-hybridized carbons (Fsp3) is 0.200. The fourth-order valence-electron chi connectivity index (χ4n) is 9.57. The molecule has 0 saturated heterocycles. The Hall–Kier alpha value is -4.88. The van der Waals surface area contributed by atoms with Crippen LogP contribution in [0.15, 0.2) is 127 Å². The quantitative estimate of drug-likeness (QED) is 0.188. The predicted molar refractivity (Wildman–Crippen MR) is 193 cm³/mol. The van der Waals surface area contributed by atoms with Crippen LogP contribution in [-0.4, -0.2) is 4.57 Å². The van der Waals surface area contributed by atoms with E-state index in [4.69, 9.17) is 0 Å². The summed E-state index contributed by atoms with van der Waals surface area (Å²) < 4.78 is 2.42. The Kier molecular flexibility index (Phi) is 5.34. The number of aromatic nitrogens is 1. The smallest absolute Gasteiger partial charge is 0.0547 e. The third-order valence-electron chi connectivity index (χ3n) is 11.8. The van der Waals surface area contributed by atoms with Gasteiger partial charge >= 0.3 is 0 Å². The lowest BCUT2D eigenvalue weighted by Crippen LogP contribution is -2.28. The maximum atomic E-state index is 2.63. The number of hydrogen-bond donors (Lipinski definition) is 0. The van der Waals surface area contributed by atoms with Crippen LogP contribution in [0.2, 0.25) is 0 Å². The van der Waals surface area contributed by atoms with Gasteiger partial charge in [0.1, 0.15) is 0 Å². The zero-order chi connectivity index (χ0) is 30.6. The molecule has 1 nitrogen and oxygen atoms in total. The van der Waals surface area contributed by atoms with Gasteiger partial charge in [0.2, 0.25) is 0 Å². The van der Waals surface area contributed by atoms with Gasteiger partial charge in [-0.05, 0) is 111 Å². The normalized spacial score (nSPS) is 16.8. The van der Waals surface area contributed by atoms with E-state index in [1.165, 1.54) is 104 Å². The van der Waals surface area contributed by atoms with Crippen LogP contribution in [0.4, 0.5) is 0 Å². The molecule has 1 saturated carbocycles. The third-order valence-corrected chi connectivity index (χ3v) is 11.8. The highest BCUT2D eigenvalue weighted by atomic mass is 15.0. The molecule has 0 bridgehead atoms. The Morgan fingerprint density at radius 1 is 0.457 bits per heavy atom. The first-order chi connectivity index (χ1) is 22.5. The zero-order valence-electron chi connectivity index (χ0n) is 26.6. The molecule has 1 fully saturated rings. The molecule has 1 aromatic heterocycles. The van der Waals surface area contributed by atoms with E-state index in [2.05, 4.69) is 146 Å². The average molecular weight is 592 g/mol. The summed E-state index contributed by atoms with van der Waals surface area (Å²) >= 11 is 0. The van der Waals surface area contributed by atoms with E-state index in [1.54, 1.807) is 11.1 Å². The average Bonchev–Trinajstić information content (AvgIpc) is 3.66. The molecule has 7 aromatic rings. The van der Waals surface area contributed by atoms with Crippen LogP contribution in [0.3, 0.4) is 0 Å². The zero-order valence-corrected chi connectivity index (χ0v) is 26.6. The lowest BCUT2D eigenvalue weighted by atomic mass is 9.67. The van der Waals surface area contributed by atoms with Crippen molar-refractivity contribution in [2.45, 2.75) is 56.8 Å². The highest BCUT2D eigenvalue weighted by Crippen LogP contribution is 2.60. The first-order valence-corrected chi connectivity index (χ1v) is 17.1. The lowest BCUT2D eigenvalue weighted by molar-refractivity contribution is 0.353. The molecule has 0 unspecified atom stereocenters. The van der Waals surface area contributed by atoms with Gasteiger partial charge in [-0.25, -0.2) is 0 Å². The van der Waals surface area contributed by atoms with Gasteiger partial charge < -0.3 is 4.57 Å². The standard InChI is InChI=1S/C45H37N/c1-44(2)38-22-20-29(30-19-21-34-33-16-8-10-18-42(33)46(43(34)26-30)31-13-5-3-6-14-31)25-35(38)37-28-41-36(27-40(37)44)32-15-7-9-17-39(32)45(41)23-11-4-12-24-45/h3,5-10,13-22,25-28H,4,11-12,23-24H2,1-2H3. The Bertz CT molecular complexity index is 2360. The molecular formula is C45H37N. The summed E-state index contributed by atoms with van der Waals surface area (Å²) in [4.78, 5) is 0. The van der Waals surface area contributed by atoms with Gasteiger partial charge in [-0.15, -0.1) is 0 Å². The maximum Gasteiger partial charge on any atom is 0.0547 e. The third kappa shape index (κ3) is 3.41. The fourth-order valence-corrected chi connectivity index (χ4v) is 9.57. The summed E-state index contributed by atoms with van der Waals surface area (Å²) in [7, 11) is 0. The van der Waals surface area contributed by atoms with Crippen molar-refractivity contribution < 1.29 is 0 Å². The molecule has 6 aromatic carbocycles. The summed E-state index contributed by atoms with van der Waals surface area (Å²) in [5.41, 5.74) is 18.2. The Labute approximate surface area is 271 Å². The van der Waals surface area contributed by atoms with Gasteiger partial charge in [-0.1, -0.05) is 118 Å². The van der Waals surface area contributed by atoms with Crippen LogP contribution in [0.25, 0.3) is 60.9 Å². The van der Waals surface area contributed by atoms with Crippen molar-refractivity contribution in [2.75, 3.05) is 0 Å². The molecule has 3 aliphatic carbocycles.